The van der Waals surface area contributed by atoms with Crippen molar-refractivity contribution in [2.75, 3.05) is 20.3 Å². The number of allylic oxidation sites excluding steroid dienone is 3. The summed E-state index contributed by atoms with van der Waals surface area (Å²) in [4.78, 5) is 54.3. The number of Topliss-reactive ketones (excluding diaryl/α,β-unsaturated/α-hetero) is 1. The van der Waals surface area contributed by atoms with Crippen LogP contribution in [0.25, 0.3) is 11.1 Å². The van der Waals surface area contributed by atoms with Gasteiger partial charge in [-0.1, -0.05) is 484 Å². The van der Waals surface area contributed by atoms with Gasteiger partial charge in [0.25, 0.3) is 0 Å². The Bertz CT molecular complexity index is 4060. The van der Waals surface area contributed by atoms with Crippen LogP contribution in [0.2, 0.25) is 24.7 Å². The van der Waals surface area contributed by atoms with Crippen LogP contribution in [0, 0.1) is 70.5 Å². The lowest BCUT2D eigenvalue weighted by Gasteiger charge is -2.39. The van der Waals surface area contributed by atoms with E-state index in [0.717, 1.165) is 53.7 Å². The number of esters is 4. The topological polar surface area (TPSA) is 132 Å². The summed E-state index contributed by atoms with van der Waals surface area (Å²) in [6.07, 6.45) is 12.7. The van der Waals surface area contributed by atoms with E-state index in [4.69, 9.17) is 18.9 Å². The van der Waals surface area contributed by atoms with Crippen LogP contribution in [0.3, 0.4) is 0 Å². The number of rotatable bonds is 25. The van der Waals surface area contributed by atoms with Gasteiger partial charge in [0.1, 0.15) is 31.4 Å². The van der Waals surface area contributed by atoms with E-state index in [0.29, 0.717) is 36.2 Å². The molecule has 0 spiro atoms. The van der Waals surface area contributed by atoms with Gasteiger partial charge in [-0.2, -0.15) is 0 Å². The van der Waals surface area contributed by atoms with Gasteiger partial charge < -0.3 is 23.7 Å². The minimum Gasteiger partial charge on any atom is -0.497 e. The molecule has 0 N–H and O–H groups in total. The number of carbonyl (C=O) groups excluding carboxylic acids is 5. The Morgan fingerprint density at radius 1 is 0.400 bits per heavy atom. The summed E-state index contributed by atoms with van der Waals surface area (Å²) < 4.78 is 24.9. The van der Waals surface area contributed by atoms with Crippen molar-refractivity contribution in [3.05, 3.63) is 319 Å². The van der Waals surface area contributed by atoms with E-state index in [1.165, 1.54) is 69.2 Å². The van der Waals surface area contributed by atoms with Crippen LogP contribution in [0.5, 0.6) is 5.75 Å². The Morgan fingerprint density at radius 2 is 0.708 bits per heavy atom. The highest BCUT2D eigenvalue weighted by molar-refractivity contribution is 6.78. The number of hydrogen-bond donors (Lipinski definition) is 0. The number of benzene rings is 8. The molecule has 11 heteroatoms. The first-order valence-corrected chi connectivity index (χ1v) is 50.9. The summed E-state index contributed by atoms with van der Waals surface area (Å²) >= 11 is 0. The van der Waals surface area contributed by atoms with Crippen molar-refractivity contribution in [1.82, 2.24) is 0 Å². The predicted molar refractivity (Wildman–Crippen MR) is 566 cm³/mol. The fraction of sp³-hybridized carbons (Fsp3) is 0.487. The van der Waals surface area contributed by atoms with Crippen LogP contribution < -0.4 is 4.74 Å². The van der Waals surface area contributed by atoms with Gasteiger partial charge >= 0.3 is 23.9 Å². The molecule has 10 nitrogen and oxygen atoms in total. The third-order valence-electron chi connectivity index (χ3n) is 19.6. The molecule has 0 amide bonds. The third-order valence-corrected chi connectivity index (χ3v) is 24.1. The van der Waals surface area contributed by atoms with Crippen molar-refractivity contribution in [2.24, 2.45) is 70.5 Å². The van der Waals surface area contributed by atoms with Crippen molar-refractivity contribution in [3.8, 4) is 16.9 Å². The van der Waals surface area contributed by atoms with E-state index in [1.807, 2.05) is 102 Å². The largest absolute Gasteiger partial charge is 0.497 e. The second kappa shape index (κ2) is 72.0. The molecule has 0 aliphatic heterocycles. The molecule has 0 saturated carbocycles. The Morgan fingerprint density at radius 3 is 0.977 bits per heavy atom. The second-order valence-corrected chi connectivity index (χ2v) is 46.3. The van der Waals surface area contributed by atoms with E-state index in [9.17, 15) is 24.0 Å². The fourth-order valence-corrected chi connectivity index (χ4v) is 10.5. The maximum Gasteiger partial charge on any atom is 0.313 e. The van der Waals surface area contributed by atoms with E-state index in [1.54, 1.807) is 60.0 Å². The molecule has 0 unspecified atom stereocenters. The van der Waals surface area contributed by atoms with Crippen LogP contribution in [0.15, 0.2) is 275 Å². The minimum absolute atomic E-state index is 0.0371. The van der Waals surface area contributed by atoms with Crippen LogP contribution in [-0.2, 0) is 67.8 Å². The zero-order valence-corrected chi connectivity index (χ0v) is 89.3. The first-order valence-electron chi connectivity index (χ1n) is 47.4. The van der Waals surface area contributed by atoms with Gasteiger partial charge in [0.05, 0.1) is 37.0 Å². The molecular weight excluding hydrogens is 1620 g/mol. The summed E-state index contributed by atoms with van der Waals surface area (Å²) in [5.74, 6) is 5.07. The maximum absolute atomic E-state index is 11.7. The number of hydrogen-bond acceptors (Lipinski definition) is 10. The van der Waals surface area contributed by atoms with Gasteiger partial charge in [0.2, 0.25) is 0 Å². The summed E-state index contributed by atoms with van der Waals surface area (Å²) in [7, 11) is 0.833. The first kappa shape index (κ1) is 127. The monoisotopic (exact) mass is 1800 g/mol. The summed E-state index contributed by atoms with van der Waals surface area (Å²) in [6.45, 7) is 85.5. The van der Waals surface area contributed by atoms with Crippen LogP contribution in [-0.4, -0.2) is 58.1 Å². The number of carbonyl (C=O) groups is 5. The molecule has 0 bridgehead atoms. The Hall–Kier alpha value is -9.71. The minimum atomic E-state index is -0.859. The lowest BCUT2D eigenvalue weighted by atomic mass is 9.63. The molecule has 1 aliphatic carbocycles. The molecule has 0 aromatic heterocycles. The van der Waals surface area contributed by atoms with Gasteiger partial charge in [0, 0.05) is 25.3 Å². The van der Waals surface area contributed by atoms with Crippen molar-refractivity contribution in [2.45, 2.75) is 290 Å². The average molecular weight is 1800 g/mol. The zero-order chi connectivity index (χ0) is 100. The lowest BCUT2D eigenvalue weighted by Crippen LogP contribution is -2.35. The van der Waals surface area contributed by atoms with Crippen LogP contribution in [0.4, 0.5) is 0 Å². The zero-order valence-electron chi connectivity index (χ0n) is 88.3. The van der Waals surface area contributed by atoms with E-state index >= 15 is 0 Å². The van der Waals surface area contributed by atoms with Gasteiger partial charge in [-0.25, -0.2) is 0 Å². The Kier molecular flexibility index (Phi) is 70.1. The van der Waals surface area contributed by atoms with Gasteiger partial charge in [-0.05, 0) is 146 Å². The van der Waals surface area contributed by atoms with Gasteiger partial charge in [-0.3, -0.25) is 24.0 Å². The number of methoxy groups -OCH3 is 1. The maximum atomic E-state index is 11.7. The van der Waals surface area contributed by atoms with Crippen LogP contribution >= 0.6 is 0 Å². The molecule has 0 radical (unpaired) electrons. The van der Waals surface area contributed by atoms with Crippen molar-refractivity contribution in [1.29, 1.82) is 0 Å². The number of fused-ring (bicyclic) bond motifs is 3. The lowest BCUT2D eigenvalue weighted by molar-refractivity contribution is -0.149. The molecule has 8 aromatic carbocycles. The quantitative estimate of drug-likeness (QED) is 0.0104. The summed E-state index contributed by atoms with van der Waals surface area (Å²) in [5.41, 5.74) is 13.3. The number of ether oxygens (including phenoxy) is 5. The SMILES string of the molecule is C=C/C=C\OC(=O)C(C)C.C=CCC(C)C.C=CCOC(=O)C(C)C.CC(=O)C(C)C.CC(C)(C)C.CC(C)(C)[Si](C)(C)C.CC(C)C.CC(C)C(=O)OCC1c2ccccc2-c2ccccc21.CC(C)C(=O)OCc1ccccc1.CC(C)C(c1ccccc1)(c1ccccc1)c1ccccc1.CC(C)Cc1ccccc1.CCC(C)C.COc1ccc(CC(C)C)cc1. The number of ketones is 1. The molecule has 130 heavy (non-hydrogen) atoms. The van der Waals surface area contributed by atoms with E-state index in [2.05, 4.69) is 359 Å². The molecule has 0 heterocycles. The van der Waals surface area contributed by atoms with Crippen molar-refractivity contribution < 1.29 is 47.7 Å². The Balaban J connectivity index is -0.000000684. The van der Waals surface area contributed by atoms with Gasteiger partial charge in [0.15, 0.2) is 0 Å². The fourth-order valence-electron chi connectivity index (χ4n) is 10.5. The Labute approximate surface area is 797 Å². The molecule has 0 atom stereocenters. The molecule has 722 valence electrons. The highest BCUT2D eigenvalue weighted by Gasteiger charge is 2.39. The standard InChI is InChI=1S/C22H22.C18H18O2.C11H14O2.C11H16O.C10H14.C8H12O2.C7H12O2.C7H18Si.C6H12.C5H10O.2C5H12.C4H10/c1-18(2)22(19-12-6-3-7-13-19,20-14-8-4-9-15-20)21-16-10-5-11-17-21;1-12(2)18(19)20-11-17-15-9-5-3-7-13(15)14-8-4-6-10-16(14)17;1-9(2)11(12)13-8-10-6-4-3-5-7-10;1-9(2)8-10-4-6-11(12-3)7-5-10;1-9(2)8-10-6-4-3-5-7-10;1-4-5-6-10-8(9)7(2)3;1-4-5-9-7(8)6(2)3;1-7(2,3)8(4,5)6;1-4-5-6(2)3;1-4(2)5(3)6;1-5(2,3)4;1-4-5(2)3;1-4(2)3/h3-18H,1-2H3;3-10,12,17H,11H2,1-2H3;3-7,9H,8H2,1-2H3;4-7,9H,8H2,1-3H3;3-7,9H,8H2,1-2H3;4-7H,1H2,2-3H3;4,6H,1,5H2,2-3H3;1-6H3;4,6H,1,5H2,2-3H3;4H,1-3H3;1-4H3;5H,4H2,1-3H3;4H,1-3H3/b;;;;;6-5-;;;;;;;. The van der Waals surface area contributed by atoms with Crippen molar-refractivity contribution in [3.63, 3.8) is 0 Å². The predicted octanol–water partition coefficient (Wildman–Crippen LogP) is 33.4. The third kappa shape index (κ3) is 62.6. The smallest absolute Gasteiger partial charge is 0.313 e. The molecule has 9 rings (SSSR count). The molecular formula is C119H182O10Si. The average Bonchev–Trinajstić information content (AvgIpc) is 0.856. The highest BCUT2D eigenvalue weighted by atomic mass is 28.3. The molecule has 0 saturated heterocycles. The van der Waals surface area contributed by atoms with Crippen molar-refractivity contribution >= 4 is 37.7 Å². The summed E-state index contributed by atoms with van der Waals surface area (Å²) in [5, 5.41) is 0.576. The molecule has 0 fully saturated rings. The van der Waals surface area contributed by atoms with E-state index < -0.39 is 8.07 Å². The van der Waals surface area contributed by atoms with Gasteiger partial charge in [-0.15, -0.1) is 6.58 Å². The summed E-state index contributed by atoms with van der Waals surface area (Å²) in [6, 6.07) is 77.9. The molecule has 1 aliphatic rings. The molecule has 8 aromatic rings. The normalized spacial score (nSPS) is 11.0. The highest BCUT2D eigenvalue weighted by Crippen LogP contribution is 2.46. The first-order chi connectivity index (χ1) is 60.7. The second-order valence-electron chi connectivity index (χ2n) is 40.3. The van der Waals surface area contributed by atoms with Crippen LogP contribution in [0.1, 0.15) is 285 Å². The van der Waals surface area contributed by atoms with E-state index in [-0.39, 0.29) is 70.6 Å².